The van der Waals surface area contributed by atoms with Crippen LogP contribution in [0.5, 0.6) is 0 Å². The Morgan fingerprint density at radius 1 is 1.80 bits per heavy atom. The lowest BCUT2D eigenvalue weighted by atomic mass is 10.0. The topological polar surface area (TPSA) is 46.5 Å². The van der Waals surface area contributed by atoms with Crippen LogP contribution in [0.4, 0.5) is 0 Å². The Morgan fingerprint density at radius 3 is 2.60 bits per heavy atom. The highest BCUT2D eigenvalue weighted by Crippen LogP contribution is 2.23. The predicted molar refractivity (Wildman–Crippen MR) is 35.3 cm³/mol. The van der Waals surface area contributed by atoms with E-state index in [2.05, 4.69) is 0 Å². The van der Waals surface area contributed by atoms with Gasteiger partial charge in [-0.25, -0.2) is 0 Å². The Hall–Kier alpha value is -0.830. The number of hydrogen-bond acceptors (Lipinski definition) is 3. The van der Waals surface area contributed by atoms with Gasteiger partial charge in [0.1, 0.15) is 0 Å². The molecule has 1 N–H and O–H groups in total. The van der Waals surface area contributed by atoms with E-state index in [-0.39, 0.29) is 12.4 Å². The maximum Gasteiger partial charge on any atom is 0.204 e. The Labute approximate surface area is 59.3 Å². The van der Waals surface area contributed by atoms with Crippen LogP contribution in [0.15, 0.2) is 11.8 Å². The first-order chi connectivity index (χ1) is 4.58. The van der Waals surface area contributed by atoms with Gasteiger partial charge in [-0.3, -0.25) is 4.79 Å². The highest BCUT2D eigenvalue weighted by molar-refractivity contribution is 5.99. The second-order valence-corrected chi connectivity index (χ2v) is 2.61. The van der Waals surface area contributed by atoms with E-state index in [1.807, 2.05) is 0 Å². The number of hydrogen-bond donors (Lipinski definition) is 1. The minimum absolute atomic E-state index is 0.160. The monoisotopic (exact) mass is 142 g/mol. The van der Waals surface area contributed by atoms with Gasteiger partial charge in [0.05, 0.1) is 12.4 Å². The van der Waals surface area contributed by atoms with Crippen LogP contribution in [0.25, 0.3) is 0 Å². The van der Waals surface area contributed by atoms with E-state index in [0.717, 1.165) is 0 Å². The number of aliphatic hydroxyl groups is 1. The zero-order valence-electron chi connectivity index (χ0n) is 6.05. The molecule has 1 heterocycles. The number of carbonyl (C=O) groups is 1. The third kappa shape index (κ3) is 0.926. The van der Waals surface area contributed by atoms with Gasteiger partial charge in [-0.05, 0) is 13.8 Å². The molecular weight excluding hydrogens is 132 g/mol. The molecule has 10 heavy (non-hydrogen) atoms. The van der Waals surface area contributed by atoms with Gasteiger partial charge in [0.15, 0.2) is 5.60 Å². The van der Waals surface area contributed by atoms with Gasteiger partial charge in [-0.2, -0.15) is 0 Å². The molecular formula is C7H10O3. The lowest BCUT2D eigenvalue weighted by Gasteiger charge is -2.19. The van der Waals surface area contributed by atoms with Gasteiger partial charge < -0.3 is 9.84 Å². The predicted octanol–water partition coefficient (Wildman–Crippen LogP) is 0.240. The van der Waals surface area contributed by atoms with E-state index in [9.17, 15) is 4.79 Å². The number of rotatable bonds is 1. The number of carbonyl (C=O) groups excluding carboxylic acids is 1. The normalized spacial score (nSPS) is 31.9. The Bertz CT molecular complexity index is 195. The minimum Gasteiger partial charge on any atom is -0.481 e. The molecule has 3 nitrogen and oxygen atoms in total. The molecule has 0 aliphatic carbocycles. The van der Waals surface area contributed by atoms with Crippen LogP contribution in [-0.2, 0) is 9.53 Å². The Kier molecular flexibility index (Phi) is 1.52. The van der Waals surface area contributed by atoms with Crippen molar-refractivity contribution in [2.45, 2.75) is 19.4 Å². The highest BCUT2D eigenvalue weighted by Gasteiger charge is 2.37. The summed E-state index contributed by atoms with van der Waals surface area (Å²) in [5.74, 6) is 0.411. The molecule has 1 unspecified atom stereocenters. The molecule has 1 atom stereocenters. The lowest BCUT2D eigenvalue weighted by Crippen LogP contribution is -2.36. The standard InChI is InChI=1S/C7H10O3/c1-5-3-6(9)7(2,4-8)10-5/h3,8H,4H2,1-2H3. The van der Waals surface area contributed by atoms with Crippen molar-refractivity contribution >= 4 is 5.78 Å². The van der Waals surface area contributed by atoms with Gasteiger partial charge in [0.2, 0.25) is 5.78 Å². The van der Waals surface area contributed by atoms with E-state index in [1.165, 1.54) is 6.08 Å². The zero-order chi connectivity index (χ0) is 7.78. The van der Waals surface area contributed by atoms with Crippen molar-refractivity contribution < 1.29 is 14.6 Å². The van der Waals surface area contributed by atoms with Crippen LogP contribution in [0.2, 0.25) is 0 Å². The molecule has 0 amide bonds. The minimum atomic E-state index is -1.01. The van der Waals surface area contributed by atoms with E-state index >= 15 is 0 Å². The fourth-order valence-electron chi connectivity index (χ4n) is 0.883. The van der Waals surface area contributed by atoms with Crippen molar-refractivity contribution in [3.63, 3.8) is 0 Å². The lowest BCUT2D eigenvalue weighted by molar-refractivity contribution is -0.132. The summed E-state index contributed by atoms with van der Waals surface area (Å²) in [5, 5.41) is 8.73. The molecule has 0 radical (unpaired) electrons. The molecule has 3 heteroatoms. The van der Waals surface area contributed by atoms with E-state index in [4.69, 9.17) is 9.84 Å². The molecule has 0 saturated carbocycles. The van der Waals surface area contributed by atoms with Gasteiger partial charge in [0.25, 0.3) is 0 Å². The second-order valence-electron chi connectivity index (χ2n) is 2.61. The first kappa shape index (κ1) is 7.28. The smallest absolute Gasteiger partial charge is 0.204 e. The van der Waals surface area contributed by atoms with E-state index < -0.39 is 5.60 Å². The third-order valence-electron chi connectivity index (χ3n) is 1.54. The largest absolute Gasteiger partial charge is 0.481 e. The van der Waals surface area contributed by atoms with Crippen LogP contribution in [-0.4, -0.2) is 23.1 Å². The molecule has 0 aromatic rings. The Balaban J connectivity index is 2.81. The number of allylic oxidation sites excluding steroid dienone is 1. The summed E-state index contributed by atoms with van der Waals surface area (Å²) in [6.45, 7) is 3.00. The molecule has 0 fully saturated rings. The maximum atomic E-state index is 11.0. The van der Waals surface area contributed by atoms with Crippen molar-refractivity contribution in [1.29, 1.82) is 0 Å². The first-order valence-electron chi connectivity index (χ1n) is 3.11. The van der Waals surface area contributed by atoms with Crippen molar-refractivity contribution in [3.05, 3.63) is 11.8 Å². The molecule has 1 aliphatic rings. The van der Waals surface area contributed by atoms with Gasteiger partial charge in [-0.1, -0.05) is 0 Å². The number of ether oxygens (including phenoxy) is 1. The van der Waals surface area contributed by atoms with Crippen LogP contribution in [0.1, 0.15) is 13.8 Å². The molecule has 1 aliphatic heterocycles. The third-order valence-corrected chi connectivity index (χ3v) is 1.54. The summed E-state index contributed by atoms with van der Waals surface area (Å²) in [6, 6.07) is 0. The van der Waals surface area contributed by atoms with Crippen molar-refractivity contribution in [2.75, 3.05) is 6.61 Å². The van der Waals surface area contributed by atoms with E-state index in [1.54, 1.807) is 13.8 Å². The van der Waals surface area contributed by atoms with Gasteiger partial charge in [-0.15, -0.1) is 0 Å². The van der Waals surface area contributed by atoms with Crippen LogP contribution < -0.4 is 0 Å². The summed E-state index contributed by atoms with van der Waals surface area (Å²) in [5.41, 5.74) is -1.01. The summed E-state index contributed by atoms with van der Waals surface area (Å²) in [7, 11) is 0. The van der Waals surface area contributed by atoms with Crippen LogP contribution in [0, 0.1) is 0 Å². The average Bonchev–Trinajstić information content (AvgIpc) is 2.09. The summed E-state index contributed by atoms with van der Waals surface area (Å²) >= 11 is 0. The molecule has 56 valence electrons. The summed E-state index contributed by atoms with van der Waals surface area (Å²) in [6.07, 6.45) is 1.40. The molecule has 1 rings (SSSR count). The molecule has 0 saturated heterocycles. The Morgan fingerprint density at radius 2 is 2.40 bits per heavy atom. The van der Waals surface area contributed by atoms with Gasteiger partial charge in [0, 0.05) is 6.08 Å². The molecule has 0 aromatic heterocycles. The quantitative estimate of drug-likeness (QED) is 0.570. The fourth-order valence-corrected chi connectivity index (χ4v) is 0.883. The van der Waals surface area contributed by atoms with Crippen LogP contribution in [0.3, 0.4) is 0 Å². The van der Waals surface area contributed by atoms with Crippen molar-refractivity contribution in [3.8, 4) is 0 Å². The fraction of sp³-hybridized carbons (Fsp3) is 0.571. The number of aliphatic hydroxyl groups excluding tert-OH is 1. The molecule has 0 spiro atoms. The SMILES string of the molecule is CC1=CC(=O)C(C)(CO)O1. The summed E-state index contributed by atoms with van der Waals surface area (Å²) in [4.78, 5) is 11.0. The zero-order valence-corrected chi connectivity index (χ0v) is 6.05. The molecule has 0 aromatic carbocycles. The second kappa shape index (κ2) is 2.09. The van der Waals surface area contributed by atoms with Crippen molar-refractivity contribution in [2.24, 2.45) is 0 Å². The van der Waals surface area contributed by atoms with Crippen LogP contribution >= 0.6 is 0 Å². The summed E-state index contributed by atoms with van der Waals surface area (Å²) < 4.78 is 5.07. The number of ketones is 1. The highest BCUT2D eigenvalue weighted by atomic mass is 16.5. The molecule has 0 bridgehead atoms. The van der Waals surface area contributed by atoms with Gasteiger partial charge >= 0.3 is 0 Å². The van der Waals surface area contributed by atoms with E-state index in [0.29, 0.717) is 5.76 Å². The average molecular weight is 142 g/mol. The maximum absolute atomic E-state index is 11.0. The van der Waals surface area contributed by atoms with Crippen molar-refractivity contribution in [1.82, 2.24) is 0 Å². The first-order valence-corrected chi connectivity index (χ1v) is 3.11.